The third kappa shape index (κ3) is 4.86. The van der Waals surface area contributed by atoms with Crippen LogP contribution in [0.15, 0.2) is 24.3 Å². The van der Waals surface area contributed by atoms with Gasteiger partial charge in [-0.3, -0.25) is 14.5 Å². The van der Waals surface area contributed by atoms with Crippen LogP contribution in [-0.2, 0) is 9.53 Å². The molecule has 4 rings (SSSR count). The number of nitrogens with one attached hydrogen (secondary N) is 1. The molecular weight excluding hydrogens is 378 g/mol. The molecule has 0 atom stereocenters. The Labute approximate surface area is 179 Å². The van der Waals surface area contributed by atoms with Crippen molar-refractivity contribution >= 4 is 17.9 Å². The Bertz CT molecular complexity index is 701. The standard InChI is InChI=1S/C24H35N3O3/c28-18-20-4-6-22(7-5-20)26-12-8-21(9-13-26)23(29)25-19-24(10-2-1-3-11-24)27-14-16-30-17-15-27/h4-7,18,21H,1-3,8-17,19H2,(H,25,29). The molecule has 0 unspecified atom stereocenters. The lowest BCUT2D eigenvalue weighted by atomic mass is 9.79. The lowest BCUT2D eigenvalue weighted by Crippen LogP contribution is -2.60. The van der Waals surface area contributed by atoms with Crippen molar-refractivity contribution in [2.24, 2.45) is 5.92 Å². The molecule has 3 aliphatic rings. The Morgan fingerprint density at radius 2 is 1.70 bits per heavy atom. The molecule has 6 heteroatoms. The van der Waals surface area contributed by atoms with Gasteiger partial charge in [-0.2, -0.15) is 0 Å². The second-order valence-corrected chi connectivity index (χ2v) is 9.07. The van der Waals surface area contributed by atoms with Crippen molar-refractivity contribution in [3.05, 3.63) is 29.8 Å². The summed E-state index contributed by atoms with van der Waals surface area (Å²) in [5.74, 6) is 0.324. The van der Waals surface area contributed by atoms with Gasteiger partial charge in [0.05, 0.1) is 13.2 Å². The summed E-state index contributed by atoms with van der Waals surface area (Å²) in [6.07, 6.45) is 8.83. The van der Waals surface area contributed by atoms with Gasteiger partial charge < -0.3 is 15.0 Å². The molecule has 0 bridgehead atoms. The third-order valence-corrected chi connectivity index (χ3v) is 7.32. The van der Waals surface area contributed by atoms with Crippen LogP contribution in [0, 0.1) is 5.92 Å². The van der Waals surface area contributed by atoms with Crippen molar-refractivity contribution in [2.45, 2.75) is 50.5 Å². The number of nitrogens with zero attached hydrogens (tertiary/aromatic N) is 2. The maximum atomic E-state index is 13.0. The number of aldehydes is 1. The average molecular weight is 414 g/mol. The van der Waals surface area contributed by atoms with Crippen LogP contribution in [0.1, 0.15) is 55.3 Å². The molecule has 1 saturated carbocycles. The molecule has 1 aliphatic carbocycles. The highest BCUT2D eigenvalue weighted by Gasteiger charge is 2.39. The van der Waals surface area contributed by atoms with Crippen molar-refractivity contribution < 1.29 is 14.3 Å². The number of benzene rings is 1. The Kier molecular flexibility index (Phi) is 7.05. The molecule has 1 aromatic carbocycles. The first-order valence-electron chi connectivity index (χ1n) is 11.6. The first kappa shape index (κ1) is 21.3. The Morgan fingerprint density at radius 1 is 1.03 bits per heavy atom. The fraction of sp³-hybridized carbons (Fsp3) is 0.667. The highest BCUT2D eigenvalue weighted by molar-refractivity contribution is 5.79. The predicted molar refractivity (Wildman–Crippen MR) is 118 cm³/mol. The zero-order chi connectivity index (χ0) is 20.8. The van der Waals surface area contributed by atoms with Crippen LogP contribution < -0.4 is 10.2 Å². The number of carbonyl (C=O) groups excluding carboxylic acids is 2. The van der Waals surface area contributed by atoms with Crippen molar-refractivity contribution in [2.75, 3.05) is 50.8 Å². The largest absolute Gasteiger partial charge is 0.379 e. The van der Waals surface area contributed by atoms with Crippen molar-refractivity contribution in [3.8, 4) is 0 Å². The SMILES string of the molecule is O=Cc1ccc(N2CCC(C(=O)NCC3(N4CCOCC4)CCCCC3)CC2)cc1. The van der Waals surface area contributed by atoms with E-state index in [4.69, 9.17) is 4.74 Å². The van der Waals surface area contributed by atoms with Crippen molar-refractivity contribution in [3.63, 3.8) is 0 Å². The quantitative estimate of drug-likeness (QED) is 0.727. The van der Waals surface area contributed by atoms with Crippen LogP contribution in [0.4, 0.5) is 5.69 Å². The number of amides is 1. The van der Waals surface area contributed by atoms with Gasteiger partial charge in [0.2, 0.25) is 5.91 Å². The molecule has 0 radical (unpaired) electrons. The molecule has 2 aliphatic heterocycles. The minimum atomic E-state index is 0.0980. The van der Waals surface area contributed by atoms with Crippen LogP contribution in [0.2, 0.25) is 0 Å². The van der Waals surface area contributed by atoms with Gasteiger partial charge >= 0.3 is 0 Å². The second-order valence-electron chi connectivity index (χ2n) is 9.07. The van der Waals surface area contributed by atoms with E-state index in [0.29, 0.717) is 5.56 Å². The molecule has 1 amide bonds. The molecule has 1 N–H and O–H groups in total. The Morgan fingerprint density at radius 3 is 2.33 bits per heavy atom. The van der Waals surface area contributed by atoms with E-state index < -0.39 is 0 Å². The van der Waals surface area contributed by atoms with E-state index in [0.717, 1.165) is 70.8 Å². The average Bonchev–Trinajstić information content (AvgIpc) is 2.84. The minimum absolute atomic E-state index is 0.0980. The van der Waals surface area contributed by atoms with Gasteiger partial charge in [0.25, 0.3) is 0 Å². The maximum Gasteiger partial charge on any atom is 0.223 e. The van der Waals surface area contributed by atoms with Crippen LogP contribution >= 0.6 is 0 Å². The number of rotatable bonds is 6. The van der Waals surface area contributed by atoms with Crippen LogP contribution in [0.3, 0.4) is 0 Å². The number of anilines is 1. The summed E-state index contributed by atoms with van der Waals surface area (Å²) in [7, 11) is 0. The highest BCUT2D eigenvalue weighted by atomic mass is 16.5. The van der Waals surface area contributed by atoms with E-state index in [1.807, 2.05) is 24.3 Å². The van der Waals surface area contributed by atoms with E-state index in [-0.39, 0.29) is 17.4 Å². The number of hydrogen-bond acceptors (Lipinski definition) is 5. The van der Waals surface area contributed by atoms with E-state index in [9.17, 15) is 9.59 Å². The summed E-state index contributed by atoms with van der Waals surface area (Å²) in [6, 6.07) is 7.71. The smallest absolute Gasteiger partial charge is 0.223 e. The third-order valence-electron chi connectivity index (χ3n) is 7.32. The van der Waals surface area contributed by atoms with Gasteiger partial charge in [0.15, 0.2) is 0 Å². The second kappa shape index (κ2) is 9.92. The van der Waals surface area contributed by atoms with Crippen LogP contribution in [0.25, 0.3) is 0 Å². The summed E-state index contributed by atoms with van der Waals surface area (Å²) < 4.78 is 5.56. The Balaban J connectivity index is 1.29. The summed E-state index contributed by atoms with van der Waals surface area (Å²) >= 11 is 0. The monoisotopic (exact) mass is 413 g/mol. The Hall–Kier alpha value is -1.92. The van der Waals surface area contributed by atoms with Gasteiger partial charge in [-0.15, -0.1) is 0 Å². The molecule has 1 aromatic rings. The van der Waals surface area contributed by atoms with Crippen LogP contribution in [0.5, 0.6) is 0 Å². The van der Waals surface area contributed by atoms with Crippen molar-refractivity contribution in [1.29, 1.82) is 0 Å². The summed E-state index contributed by atoms with van der Waals surface area (Å²) in [5, 5.41) is 3.35. The normalized spacial score (nSPS) is 23.1. The lowest BCUT2D eigenvalue weighted by molar-refractivity contribution is -0.126. The van der Waals surface area contributed by atoms with E-state index in [1.54, 1.807) is 0 Å². The van der Waals surface area contributed by atoms with Crippen molar-refractivity contribution in [1.82, 2.24) is 10.2 Å². The zero-order valence-corrected chi connectivity index (χ0v) is 18.0. The molecule has 3 fully saturated rings. The zero-order valence-electron chi connectivity index (χ0n) is 18.0. The van der Waals surface area contributed by atoms with Gasteiger partial charge in [-0.25, -0.2) is 0 Å². The summed E-state index contributed by atoms with van der Waals surface area (Å²) in [4.78, 5) is 28.7. The molecule has 0 aromatic heterocycles. The number of piperidine rings is 1. The molecule has 0 spiro atoms. The maximum absolute atomic E-state index is 13.0. The minimum Gasteiger partial charge on any atom is -0.379 e. The number of hydrogen-bond donors (Lipinski definition) is 1. The van der Waals surface area contributed by atoms with Gasteiger partial charge in [0, 0.05) is 55.4 Å². The number of morpholine rings is 1. The first-order chi connectivity index (χ1) is 14.7. The molecule has 164 valence electrons. The molecule has 2 saturated heterocycles. The predicted octanol–water partition coefficient (Wildman–Crippen LogP) is 2.87. The molecule has 6 nitrogen and oxygen atoms in total. The first-order valence-corrected chi connectivity index (χ1v) is 11.6. The van der Waals surface area contributed by atoms with E-state index in [2.05, 4.69) is 15.1 Å². The number of ether oxygens (including phenoxy) is 1. The number of carbonyl (C=O) groups is 2. The molecule has 2 heterocycles. The van der Waals surface area contributed by atoms with E-state index >= 15 is 0 Å². The van der Waals surface area contributed by atoms with Gasteiger partial charge in [-0.05, 0) is 49.9 Å². The summed E-state index contributed by atoms with van der Waals surface area (Å²) in [5.41, 5.74) is 1.96. The molecular formula is C24H35N3O3. The fourth-order valence-electron chi connectivity index (χ4n) is 5.41. The highest BCUT2D eigenvalue weighted by Crippen LogP contribution is 2.34. The fourth-order valence-corrected chi connectivity index (χ4v) is 5.41. The van der Waals surface area contributed by atoms with E-state index in [1.165, 1.54) is 32.1 Å². The van der Waals surface area contributed by atoms with Gasteiger partial charge in [0.1, 0.15) is 6.29 Å². The van der Waals surface area contributed by atoms with Crippen LogP contribution in [-0.4, -0.2) is 68.6 Å². The molecule has 30 heavy (non-hydrogen) atoms. The summed E-state index contributed by atoms with van der Waals surface area (Å²) in [6.45, 7) is 6.12. The lowest BCUT2D eigenvalue weighted by Gasteiger charge is -2.48. The topological polar surface area (TPSA) is 61.9 Å². The van der Waals surface area contributed by atoms with Gasteiger partial charge in [-0.1, -0.05) is 19.3 Å².